The maximum Gasteiger partial charge on any atom is 0.138 e. The molecule has 3 heterocycles. The number of benzene rings is 8. The summed E-state index contributed by atoms with van der Waals surface area (Å²) >= 11 is 0. The molecule has 2 aromatic heterocycles. The number of anilines is 3. The summed E-state index contributed by atoms with van der Waals surface area (Å²) in [5.41, 5.74) is 16.6. The number of hydrogen-bond donors (Lipinski definition) is 0. The van der Waals surface area contributed by atoms with Crippen LogP contribution < -0.4 is 10.1 Å². The molecule has 2 aliphatic rings. The van der Waals surface area contributed by atoms with E-state index in [2.05, 4.69) is 225 Å². The zero-order chi connectivity index (χ0) is 41.4. The van der Waals surface area contributed by atoms with Crippen molar-refractivity contribution in [2.45, 2.75) is 25.3 Å². The first-order valence-corrected chi connectivity index (χ1v) is 21.4. The fraction of sp³-hybridized carbons (Fsp3) is 0.0702. The van der Waals surface area contributed by atoms with Gasteiger partial charge >= 0.3 is 0 Å². The van der Waals surface area contributed by atoms with Gasteiger partial charge in [-0.3, -0.25) is 4.57 Å². The van der Waals surface area contributed by atoms with Crippen molar-refractivity contribution in [1.29, 1.82) is 0 Å². The van der Waals surface area contributed by atoms with Crippen LogP contribution in [-0.2, 0) is 10.4 Å². The highest BCUT2D eigenvalue weighted by Gasteiger charge is 2.46. The molecular formula is C57H42N4O. The summed E-state index contributed by atoms with van der Waals surface area (Å²) < 4.78 is 2.36. The number of nitrogens with zero attached hydrogens (tertiary/aromatic N) is 4. The van der Waals surface area contributed by atoms with E-state index < -0.39 is 5.41 Å². The topological polar surface area (TPSA) is 33.5 Å². The first-order valence-electron chi connectivity index (χ1n) is 21.4. The standard InChI is InChI=1S/C57H42N4O/c1-38(2)60-53-29-14-15-30-54(53)61(62-60)43-20-16-19-41(36-43)57(50-26-11-8-23-46(50)47-24-9-12-27-51(47)57)42-31-32-49-48-25-10-13-28-52(48)59(55(49)37-42)56-35-40(33-34-58-56)45-22-7-6-21-44(45)39-17-4-3-5-18-39/h3-38H,1-2H3. The Morgan fingerprint density at radius 2 is 1.08 bits per heavy atom. The summed E-state index contributed by atoms with van der Waals surface area (Å²) in [6, 6.07) is 74.9. The molecule has 10 aromatic rings. The minimum absolute atomic E-state index is 0.150. The van der Waals surface area contributed by atoms with Gasteiger partial charge < -0.3 is 0 Å². The normalized spacial score (nSPS) is 13.8. The first kappa shape index (κ1) is 36.1. The van der Waals surface area contributed by atoms with Gasteiger partial charge in [-0.2, -0.15) is 5.06 Å². The lowest BCUT2D eigenvalue weighted by Gasteiger charge is -2.34. The van der Waals surface area contributed by atoms with Crippen LogP contribution in [0.4, 0.5) is 17.1 Å². The minimum Gasteiger partial charge on any atom is -0.294 e. The summed E-state index contributed by atoms with van der Waals surface area (Å²) in [5.74, 6) is 0.872. The van der Waals surface area contributed by atoms with Crippen LogP contribution >= 0.6 is 0 Å². The molecule has 0 radical (unpaired) electrons. The van der Waals surface area contributed by atoms with Crippen LogP contribution in [0.5, 0.6) is 0 Å². The van der Waals surface area contributed by atoms with E-state index in [-0.39, 0.29) is 6.04 Å². The second kappa shape index (κ2) is 14.2. The highest BCUT2D eigenvalue weighted by atomic mass is 16.8. The fourth-order valence-corrected chi connectivity index (χ4v) is 10.2. The largest absolute Gasteiger partial charge is 0.294 e. The van der Waals surface area contributed by atoms with Crippen LogP contribution in [0, 0.1) is 0 Å². The molecular weight excluding hydrogens is 757 g/mol. The van der Waals surface area contributed by atoms with Gasteiger partial charge in [0.05, 0.1) is 39.6 Å². The average molecular weight is 799 g/mol. The molecule has 0 saturated carbocycles. The summed E-state index contributed by atoms with van der Waals surface area (Å²) in [4.78, 5) is 11.8. The zero-order valence-electron chi connectivity index (χ0n) is 34.5. The number of hydrogen-bond acceptors (Lipinski definition) is 4. The molecule has 0 N–H and O–H groups in total. The fourth-order valence-electron chi connectivity index (χ4n) is 10.2. The summed E-state index contributed by atoms with van der Waals surface area (Å²) in [5, 5.41) is 6.34. The summed E-state index contributed by atoms with van der Waals surface area (Å²) in [6.45, 7) is 4.31. The van der Waals surface area contributed by atoms with Gasteiger partial charge in [0.1, 0.15) is 5.82 Å². The number of rotatable bonds is 7. The van der Waals surface area contributed by atoms with Crippen LogP contribution in [0.1, 0.15) is 36.1 Å². The Morgan fingerprint density at radius 3 is 1.84 bits per heavy atom. The minimum atomic E-state index is -0.653. The maximum atomic E-state index is 6.66. The molecule has 296 valence electrons. The first-order chi connectivity index (χ1) is 30.6. The summed E-state index contributed by atoms with van der Waals surface area (Å²) in [7, 11) is 0. The van der Waals surface area contributed by atoms with Gasteiger partial charge in [-0.05, 0) is 118 Å². The van der Waals surface area contributed by atoms with Crippen molar-refractivity contribution in [3.05, 3.63) is 235 Å². The molecule has 8 aromatic carbocycles. The number of fused-ring (bicyclic) bond motifs is 7. The van der Waals surface area contributed by atoms with Gasteiger partial charge in [-0.15, -0.1) is 4.94 Å². The van der Waals surface area contributed by atoms with E-state index in [1.807, 2.05) is 16.3 Å². The van der Waals surface area contributed by atoms with Gasteiger partial charge in [0, 0.05) is 17.0 Å². The molecule has 5 heteroatoms. The van der Waals surface area contributed by atoms with Gasteiger partial charge in [-0.25, -0.2) is 10.0 Å². The van der Waals surface area contributed by atoms with Crippen molar-refractivity contribution < 1.29 is 4.94 Å². The molecule has 5 nitrogen and oxygen atoms in total. The third-order valence-electron chi connectivity index (χ3n) is 12.8. The SMILES string of the molecule is CC(C)N1ON(c2cccc(C3(c4ccc5c6ccccc6n(-c6cc(-c7ccccc7-c7ccccc7)ccn6)c5c4)c4ccccc4-c4ccccc43)c2)c2ccccc21. The van der Waals surface area contributed by atoms with Gasteiger partial charge in [-0.1, -0.05) is 158 Å². The highest BCUT2D eigenvalue weighted by molar-refractivity contribution is 6.09. The Labute approximate surface area is 361 Å². The van der Waals surface area contributed by atoms with E-state index in [4.69, 9.17) is 9.92 Å². The monoisotopic (exact) mass is 798 g/mol. The highest BCUT2D eigenvalue weighted by Crippen LogP contribution is 2.57. The Balaban J connectivity index is 1.10. The molecule has 0 spiro atoms. The quantitative estimate of drug-likeness (QED) is 0.161. The van der Waals surface area contributed by atoms with Crippen molar-refractivity contribution in [3.8, 4) is 39.2 Å². The van der Waals surface area contributed by atoms with Crippen molar-refractivity contribution in [2.24, 2.45) is 0 Å². The molecule has 0 saturated heterocycles. The molecule has 12 rings (SSSR count). The number of aromatic nitrogens is 2. The molecule has 62 heavy (non-hydrogen) atoms. The van der Waals surface area contributed by atoms with E-state index in [0.717, 1.165) is 45.0 Å². The van der Waals surface area contributed by atoms with Crippen LogP contribution in [0.3, 0.4) is 0 Å². The Hall–Kier alpha value is -7.73. The lowest BCUT2D eigenvalue weighted by molar-refractivity contribution is 0.112. The second-order valence-electron chi connectivity index (χ2n) is 16.6. The Kier molecular flexibility index (Phi) is 8.27. The van der Waals surface area contributed by atoms with Gasteiger partial charge in [0.25, 0.3) is 0 Å². The molecule has 1 aliphatic heterocycles. The zero-order valence-corrected chi connectivity index (χ0v) is 34.5. The van der Waals surface area contributed by atoms with Crippen molar-refractivity contribution in [2.75, 3.05) is 10.1 Å². The van der Waals surface area contributed by atoms with Crippen molar-refractivity contribution in [3.63, 3.8) is 0 Å². The van der Waals surface area contributed by atoms with Crippen molar-refractivity contribution >= 4 is 38.9 Å². The summed E-state index contributed by atoms with van der Waals surface area (Å²) in [6.07, 6.45) is 1.95. The number of pyridine rings is 1. The molecule has 0 fully saturated rings. The van der Waals surface area contributed by atoms with E-state index >= 15 is 0 Å². The van der Waals surface area contributed by atoms with E-state index in [0.29, 0.717) is 0 Å². The third kappa shape index (κ3) is 5.35. The predicted molar refractivity (Wildman–Crippen MR) is 254 cm³/mol. The van der Waals surface area contributed by atoms with E-state index in [9.17, 15) is 0 Å². The van der Waals surface area contributed by atoms with Crippen LogP contribution in [-0.4, -0.2) is 15.6 Å². The van der Waals surface area contributed by atoms with Gasteiger partial charge in [0.15, 0.2) is 0 Å². The van der Waals surface area contributed by atoms with E-state index in [1.165, 1.54) is 55.3 Å². The maximum absolute atomic E-state index is 6.66. The predicted octanol–water partition coefficient (Wildman–Crippen LogP) is 14.1. The van der Waals surface area contributed by atoms with Gasteiger partial charge in [0.2, 0.25) is 0 Å². The smallest absolute Gasteiger partial charge is 0.138 e. The number of hydroxylamine groups is 1. The molecule has 0 bridgehead atoms. The Morgan fingerprint density at radius 1 is 0.468 bits per heavy atom. The van der Waals surface area contributed by atoms with Crippen LogP contribution in [0.15, 0.2) is 212 Å². The molecule has 1 aliphatic carbocycles. The Bertz CT molecular complexity index is 3300. The third-order valence-corrected chi connectivity index (χ3v) is 12.8. The van der Waals surface area contributed by atoms with Crippen molar-refractivity contribution in [1.82, 2.24) is 9.55 Å². The molecule has 0 atom stereocenters. The average Bonchev–Trinajstić information content (AvgIpc) is 3.99. The van der Waals surface area contributed by atoms with E-state index in [1.54, 1.807) is 0 Å². The lowest BCUT2D eigenvalue weighted by atomic mass is 9.67. The second-order valence-corrected chi connectivity index (χ2v) is 16.6. The lowest BCUT2D eigenvalue weighted by Crippen LogP contribution is -2.31. The van der Waals surface area contributed by atoms with Crippen LogP contribution in [0.25, 0.3) is 61.0 Å². The van der Waals surface area contributed by atoms with Crippen LogP contribution in [0.2, 0.25) is 0 Å². The molecule has 0 amide bonds. The number of para-hydroxylation sites is 3. The molecule has 0 unspecified atom stereocenters.